The van der Waals surface area contributed by atoms with E-state index < -0.39 is 11.4 Å². The Morgan fingerprint density at radius 3 is 3.00 bits per heavy atom. The summed E-state index contributed by atoms with van der Waals surface area (Å²) in [4.78, 5) is 17.2. The molecule has 1 heterocycles. The average Bonchev–Trinajstić information content (AvgIpc) is 2.31. The molecule has 0 radical (unpaired) electrons. The van der Waals surface area contributed by atoms with E-state index in [1.54, 1.807) is 19.1 Å². The van der Waals surface area contributed by atoms with Gasteiger partial charge < -0.3 is 9.72 Å². The largest absolute Gasteiger partial charge is 0.434 e. The van der Waals surface area contributed by atoms with Crippen LogP contribution >= 0.6 is 11.6 Å². The molecule has 0 saturated carbocycles. The molecule has 0 spiro atoms. The third-order valence-electron chi connectivity index (χ3n) is 2.13. The highest BCUT2D eigenvalue weighted by Crippen LogP contribution is 2.27. The van der Waals surface area contributed by atoms with Crippen LogP contribution in [-0.2, 0) is 0 Å². The number of aromatic amines is 1. The zero-order valence-corrected chi connectivity index (χ0v) is 9.58. The predicted molar refractivity (Wildman–Crippen MR) is 61.1 cm³/mol. The Morgan fingerprint density at radius 2 is 2.24 bits per heavy atom. The van der Waals surface area contributed by atoms with Gasteiger partial charge in [-0.25, -0.2) is 9.37 Å². The quantitative estimate of drug-likeness (QED) is 0.896. The van der Waals surface area contributed by atoms with E-state index in [4.69, 9.17) is 16.3 Å². The van der Waals surface area contributed by atoms with E-state index >= 15 is 0 Å². The normalized spacial score (nSPS) is 10.3. The number of ether oxygens (including phenoxy) is 1. The van der Waals surface area contributed by atoms with E-state index in [1.807, 2.05) is 0 Å². The molecule has 0 aliphatic rings. The number of H-pyrrole nitrogens is 1. The second-order valence-corrected chi connectivity index (χ2v) is 3.72. The highest BCUT2D eigenvalue weighted by molar-refractivity contribution is 6.31. The zero-order valence-electron chi connectivity index (χ0n) is 8.83. The minimum Gasteiger partial charge on any atom is -0.434 e. The molecule has 4 nitrogen and oxygen atoms in total. The van der Waals surface area contributed by atoms with Gasteiger partial charge in [-0.2, -0.15) is 0 Å². The van der Waals surface area contributed by atoms with Crippen molar-refractivity contribution in [2.24, 2.45) is 0 Å². The van der Waals surface area contributed by atoms with Crippen molar-refractivity contribution in [1.82, 2.24) is 9.97 Å². The molecule has 88 valence electrons. The number of rotatable bonds is 2. The minimum absolute atomic E-state index is 0.0231. The molecular weight excluding hydrogens is 247 g/mol. The number of hydrogen-bond acceptors (Lipinski definition) is 3. The first-order valence-corrected chi connectivity index (χ1v) is 5.13. The van der Waals surface area contributed by atoms with Crippen LogP contribution in [0.25, 0.3) is 0 Å². The summed E-state index contributed by atoms with van der Waals surface area (Å²) in [6, 6.07) is 4.67. The Hall–Kier alpha value is -1.88. The Labute approximate surface area is 101 Å². The van der Waals surface area contributed by atoms with Crippen molar-refractivity contribution in [3.8, 4) is 11.6 Å². The van der Waals surface area contributed by atoms with Crippen LogP contribution in [0.2, 0.25) is 5.02 Å². The smallest absolute Gasteiger partial charge is 0.273 e. The summed E-state index contributed by atoms with van der Waals surface area (Å²) in [5, 5.41) is -0.214. The number of halogens is 2. The first-order valence-electron chi connectivity index (χ1n) is 4.75. The fraction of sp³-hybridized carbons (Fsp3) is 0.0909. The van der Waals surface area contributed by atoms with E-state index in [-0.39, 0.29) is 16.7 Å². The van der Waals surface area contributed by atoms with Crippen LogP contribution in [0.4, 0.5) is 4.39 Å². The standard InChI is InChI=1S/C11H8ClFN2O2/c1-6-3-2-4-7(9(6)13)17-11-8(12)10(16)14-5-15-11/h2-5H,1H3,(H,14,15,16). The SMILES string of the molecule is Cc1cccc(Oc2nc[nH]c(=O)c2Cl)c1F. The molecular formula is C11H8ClFN2O2. The van der Waals surface area contributed by atoms with Crippen LogP contribution < -0.4 is 10.3 Å². The van der Waals surface area contributed by atoms with Gasteiger partial charge >= 0.3 is 0 Å². The van der Waals surface area contributed by atoms with Crippen LogP contribution in [0.5, 0.6) is 11.6 Å². The third kappa shape index (κ3) is 2.29. The highest BCUT2D eigenvalue weighted by atomic mass is 35.5. The molecule has 2 aromatic rings. The Balaban J connectivity index is 2.42. The predicted octanol–water partition coefficient (Wildman–Crippen LogP) is 2.66. The van der Waals surface area contributed by atoms with Crippen molar-refractivity contribution in [2.75, 3.05) is 0 Å². The topological polar surface area (TPSA) is 55.0 Å². The average molecular weight is 255 g/mol. The zero-order chi connectivity index (χ0) is 12.4. The second kappa shape index (κ2) is 4.55. The lowest BCUT2D eigenvalue weighted by Gasteiger charge is -2.07. The summed E-state index contributed by atoms with van der Waals surface area (Å²) in [6.45, 7) is 1.61. The van der Waals surface area contributed by atoms with Crippen molar-refractivity contribution < 1.29 is 9.13 Å². The Kier molecular flexibility index (Phi) is 3.10. The lowest BCUT2D eigenvalue weighted by Crippen LogP contribution is -2.08. The van der Waals surface area contributed by atoms with Crippen LogP contribution in [0.1, 0.15) is 5.56 Å². The molecule has 0 aliphatic heterocycles. The summed E-state index contributed by atoms with van der Waals surface area (Å²) in [6.07, 6.45) is 1.14. The number of benzene rings is 1. The molecule has 0 fully saturated rings. The van der Waals surface area contributed by atoms with Crippen molar-refractivity contribution in [3.63, 3.8) is 0 Å². The number of hydrogen-bond donors (Lipinski definition) is 1. The summed E-state index contributed by atoms with van der Waals surface area (Å²) in [5.74, 6) is -0.657. The maximum absolute atomic E-state index is 13.6. The summed E-state index contributed by atoms with van der Waals surface area (Å²) in [5.41, 5.74) is -0.104. The molecule has 6 heteroatoms. The van der Waals surface area contributed by atoms with Crippen LogP contribution in [0.15, 0.2) is 29.3 Å². The molecule has 0 aliphatic carbocycles. The fourth-order valence-electron chi connectivity index (χ4n) is 1.24. The van der Waals surface area contributed by atoms with Gasteiger partial charge in [0.15, 0.2) is 16.6 Å². The number of nitrogens with zero attached hydrogens (tertiary/aromatic N) is 1. The molecule has 0 amide bonds. The second-order valence-electron chi connectivity index (χ2n) is 3.34. The first kappa shape index (κ1) is 11.6. The van der Waals surface area contributed by atoms with Gasteiger partial charge in [0.25, 0.3) is 5.56 Å². The Morgan fingerprint density at radius 1 is 1.47 bits per heavy atom. The van der Waals surface area contributed by atoms with Crippen molar-refractivity contribution in [2.45, 2.75) is 6.92 Å². The molecule has 2 rings (SSSR count). The van der Waals surface area contributed by atoms with E-state index in [0.29, 0.717) is 5.56 Å². The lowest BCUT2D eigenvalue weighted by atomic mass is 10.2. The van der Waals surface area contributed by atoms with Gasteiger partial charge in [0.05, 0.1) is 6.33 Å². The summed E-state index contributed by atoms with van der Waals surface area (Å²) < 4.78 is 18.8. The van der Waals surface area contributed by atoms with Gasteiger partial charge in [0.1, 0.15) is 0 Å². The monoisotopic (exact) mass is 254 g/mol. The van der Waals surface area contributed by atoms with Crippen LogP contribution in [0, 0.1) is 12.7 Å². The number of aromatic nitrogens is 2. The van der Waals surface area contributed by atoms with Gasteiger partial charge in [-0.3, -0.25) is 4.79 Å². The Bertz CT molecular complexity index is 613. The molecule has 1 aromatic carbocycles. The molecule has 1 N–H and O–H groups in total. The molecule has 0 bridgehead atoms. The van der Waals surface area contributed by atoms with Crippen molar-refractivity contribution in [3.05, 3.63) is 51.3 Å². The third-order valence-corrected chi connectivity index (χ3v) is 2.46. The van der Waals surface area contributed by atoms with Crippen LogP contribution in [0.3, 0.4) is 0 Å². The lowest BCUT2D eigenvalue weighted by molar-refractivity contribution is 0.424. The minimum atomic E-state index is -0.537. The summed E-state index contributed by atoms with van der Waals surface area (Å²) >= 11 is 5.68. The molecule has 0 saturated heterocycles. The molecule has 0 unspecified atom stereocenters. The van der Waals surface area contributed by atoms with E-state index in [1.165, 1.54) is 6.07 Å². The number of nitrogens with one attached hydrogen (secondary N) is 1. The van der Waals surface area contributed by atoms with E-state index in [0.717, 1.165) is 6.33 Å². The molecule has 1 aromatic heterocycles. The van der Waals surface area contributed by atoms with Crippen molar-refractivity contribution >= 4 is 11.6 Å². The van der Waals surface area contributed by atoms with E-state index in [9.17, 15) is 9.18 Å². The van der Waals surface area contributed by atoms with E-state index in [2.05, 4.69) is 9.97 Å². The van der Waals surface area contributed by atoms with Gasteiger partial charge in [0.2, 0.25) is 5.88 Å². The van der Waals surface area contributed by atoms with Crippen molar-refractivity contribution in [1.29, 1.82) is 0 Å². The molecule has 17 heavy (non-hydrogen) atoms. The van der Waals surface area contributed by atoms with Gasteiger partial charge in [0, 0.05) is 0 Å². The van der Waals surface area contributed by atoms with Gasteiger partial charge in [-0.05, 0) is 18.6 Å². The summed E-state index contributed by atoms with van der Waals surface area (Å²) in [7, 11) is 0. The maximum atomic E-state index is 13.6. The fourth-order valence-corrected chi connectivity index (χ4v) is 1.38. The molecule has 0 atom stereocenters. The van der Waals surface area contributed by atoms with Gasteiger partial charge in [-0.1, -0.05) is 23.7 Å². The van der Waals surface area contributed by atoms with Gasteiger partial charge in [-0.15, -0.1) is 0 Å². The highest BCUT2D eigenvalue weighted by Gasteiger charge is 2.12. The first-order chi connectivity index (χ1) is 8.09. The maximum Gasteiger partial charge on any atom is 0.273 e. The van der Waals surface area contributed by atoms with Crippen LogP contribution in [-0.4, -0.2) is 9.97 Å². The number of aryl methyl sites for hydroxylation is 1.